The Morgan fingerprint density at radius 1 is 1.33 bits per heavy atom. The number of ether oxygens (including phenoxy) is 1. The normalized spacial score (nSPS) is 12.0. The van der Waals surface area contributed by atoms with Gasteiger partial charge in [0.05, 0.1) is 5.52 Å². The van der Waals surface area contributed by atoms with Gasteiger partial charge in [0, 0.05) is 0 Å². The molecular weight excluding hydrogens is 209 g/mol. The third-order valence-corrected chi connectivity index (χ3v) is 1.82. The maximum absolute atomic E-state index is 12.0. The summed E-state index contributed by atoms with van der Waals surface area (Å²) in [6.45, 7) is 1.66. The Hall–Kier alpha value is -1.72. The van der Waals surface area contributed by atoms with E-state index in [0.29, 0.717) is 11.3 Å². The fourth-order valence-corrected chi connectivity index (χ4v) is 1.34. The van der Waals surface area contributed by atoms with Crippen molar-refractivity contribution >= 4 is 11.0 Å². The topological polar surface area (TPSA) is 37.9 Å². The smallest absolute Gasteiger partial charge is 0.403 e. The van der Waals surface area contributed by atoms with Gasteiger partial charge in [0.2, 0.25) is 0 Å². The summed E-state index contributed by atoms with van der Waals surface area (Å²) in [6.07, 6.45) is -4.69. The number of imidazole rings is 1. The molecular formula is C9H7F3N2O. The summed E-state index contributed by atoms with van der Waals surface area (Å²) in [5.74, 6) is 0.281. The van der Waals surface area contributed by atoms with Crippen LogP contribution in [0.15, 0.2) is 18.2 Å². The number of nitrogens with zero attached hydrogens (tertiary/aromatic N) is 1. The first-order valence-electron chi connectivity index (χ1n) is 4.17. The Labute approximate surface area is 82.9 Å². The van der Waals surface area contributed by atoms with Gasteiger partial charge in [-0.1, -0.05) is 6.07 Å². The van der Waals surface area contributed by atoms with Gasteiger partial charge >= 0.3 is 6.36 Å². The molecule has 0 saturated heterocycles. The largest absolute Gasteiger partial charge is 0.573 e. The average molecular weight is 216 g/mol. The fraction of sp³-hybridized carbons (Fsp3) is 0.222. The fourth-order valence-electron chi connectivity index (χ4n) is 1.34. The highest BCUT2D eigenvalue weighted by Gasteiger charge is 2.32. The van der Waals surface area contributed by atoms with Crippen molar-refractivity contribution in [2.45, 2.75) is 13.3 Å². The second-order valence-corrected chi connectivity index (χ2v) is 3.02. The Balaban J connectivity index is 2.51. The molecule has 1 N–H and O–H groups in total. The Kier molecular flexibility index (Phi) is 2.06. The molecule has 0 aliphatic rings. The zero-order chi connectivity index (χ0) is 11.1. The SMILES string of the molecule is Cc1nc2cccc(OC(F)(F)F)c2[nH]1. The van der Waals surface area contributed by atoms with E-state index >= 15 is 0 Å². The number of halogens is 3. The molecule has 15 heavy (non-hydrogen) atoms. The highest BCUT2D eigenvalue weighted by atomic mass is 19.4. The summed E-state index contributed by atoms with van der Waals surface area (Å²) >= 11 is 0. The molecule has 80 valence electrons. The number of H-pyrrole nitrogens is 1. The van der Waals surface area contributed by atoms with Crippen LogP contribution in [0.3, 0.4) is 0 Å². The number of para-hydroxylation sites is 1. The molecule has 0 unspecified atom stereocenters. The van der Waals surface area contributed by atoms with Gasteiger partial charge in [-0.2, -0.15) is 0 Å². The van der Waals surface area contributed by atoms with Crippen molar-refractivity contribution in [1.82, 2.24) is 9.97 Å². The van der Waals surface area contributed by atoms with Crippen molar-refractivity contribution < 1.29 is 17.9 Å². The molecule has 1 aromatic heterocycles. The third kappa shape index (κ3) is 2.03. The Morgan fingerprint density at radius 2 is 2.07 bits per heavy atom. The van der Waals surface area contributed by atoms with Gasteiger partial charge in [-0.25, -0.2) is 4.98 Å². The first-order valence-corrected chi connectivity index (χ1v) is 4.17. The average Bonchev–Trinajstić information content (AvgIpc) is 2.43. The van der Waals surface area contributed by atoms with Gasteiger partial charge in [-0.3, -0.25) is 0 Å². The van der Waals surface area contributed by atoms with Crippen LogP contribution in [-0.4, -0.2) is 16.3 Å². The quantitative estimate of drug-likeness (QED) is 0.795. The molecule has 0 aliphatic carbocycles. The van der Waals surface area contributed by atoms with E-state index in [1.807, 2.05) is 0 Å². The first kappa shape index (κ1) is 9.82. The van der Waals surface area contributed by atoms with Crippen LogP contribution in [0.25, 0.3) is 11.0 Å². The minimum atomic E-state index is -4.69. The molecule has 0 bridgehead atoms. The maximum Gasteiger partial charge on any atom is 0.573 e. The molecule has 0 amide bonds. The van der Waals surface area contributed by atoms with Gasteiger partial charge in [-0.05, 0) is 19.1 Å². The zero-order valence-corrected chi connectivity index (χ0v) is 7.72. The van der Waals surface area contributed by atoms with Crippen LogP contribution >= 0.6 is 0 Å². The number of hydrogen-bond donors (Lipinski definition) is 1. The maximum atomic E-state index is 12.0. The lowest BCUT2D eigenvalue weighted by molar-refractivity contribution is -0.274. The van der Waals surface area contributed by atoms with E-state index in [0.717, 1.165) is 0 Å². The molecule has 2 rings (SSSR count). The first-order chi connectivity index (χ1) is 6.96. The van der Waals surface area contributed by atoms with Crippen molar-refractivity contribution in [2.75, 3.05) is 0 Å². The van der Waals surface area contributed by atoms with Crippen molar-refractivity contribution in [3.8, 4) is 5.75 Å². The number of fused-ring (bicyclic) bond motifs is 1. The van der Waals surface area contributed by atoms with Gasteiger partial charge < -0.3 is 9.72 Å². The molecule has 3 nitrogen and oxygen atoms in total. The number of rotatable bonds is 1. The van der Waals surface area contributed by atoms with Crippen molar-refractivity contribution in [2.24, 2.45) is 0 Å². The van der Waals surface area contributed by atoms with Crippen molar-refractivity contribution in [1.29, 1.82) is 0 Å². The van der Waals surface area contributed by atoms with Crippen LogP contribution < -0.4 is 4.74 Å². The molecule has 0 fully saturated rings. The molecule has 0 saturated carbocycles. The Bertz CT molecular complexity index is 490. The standard InChI is InChI=1S/C9H7F3N2O/c1-5-13-6-3-2-4-7(8(6)14-5)15-9(10,11)12/h2-4H,1H3,(H,13,14). The predicted octanol–water partition coefficient (Wildman–Crippen LogP) is 2.77. The summed E-state index contributed by atoms with van der Waals surface area (Å²) in [5.41, 5.74) is 0.710. The second-order valence-electron chi connectivity index (χ2n) is 3.02. The molecule has 1 heterocycles. The number of aryl methyl sites for hydroxylation is 1. The monoisotopic (exact) mass is 216 g/mol. The molecule has 0 spiro atoms. The van der Waals surface area contributed by atoms with Crippen molar-refractivity contribution in [3.05, 3.63) is 24.0 Å². The van der Waals surface area contributed by atoms with E-state index in [1.54, 1.807) is 13.0 Å². The summed E-state index contributed by atoms with van der Waals surface area (Å²) < 4.78 is 39.9. The molecule has 1 aromatic carbocycles. The highest BCUT2D eigenvalue weighted by molar-refractivity contribution is 5.81. The number of benzene rings is 1. The van der Waals surface area contributed by atoms with Gasteiger partial charge in [0.15, 0.2) is 5.75 Å². The van der Waals surface area contributed by atoms with Crippen LogP contribution in [0.1, 0.15) is 5.82 Å². The minimum Gasteiger partial charge on any atom is -0.403 e. The summed E-state index contributed by atoms with van der Waals surface area (Å²) in [4.78, 5) is 6.71. The number of alkyl halides is 3. The molecule has 0 atom stereocenters. The van der Waals surface area contributed by atoms with Crippen molar-refractivity contribution in [3.63, 3.8) is 0 Å². The second kappa shape index (κ2) is 3.15. The van der Waals surface area contributed by atoms with Crippen LogP contribution in [0, 0.1) is 6.92 Å². The molecule has 0 aliphatic heterocycles. The summed E-state index contributed by atoms with van der Waals surface area (Å²) in [6, 6.07) is 4.32. The van der Waals surface area contributed by atoms with E-state index in [2.05, 4.69) is 14.7 Å². The molecule has 6 heteroatoms. The molecule has 2 aromatic rings. The molecule has 0 radical (unpaired) electrons. The summed E-state index contributed by atoms with van der Waals surface area (Å²) in [5, 5.41) is 0. The van der Waals surface area contributed by atoms with E-state index in [1.165, 1.54) is 12.1 Å². The van der Waals surface area contributed by atoms with Gasteiger partial charge in [0.25, 0.3) is 0 Å². The predicted molar refractivity (Wildman–Crippen MR) is 47.5 cm³/mol. The zero-order valence-electron chi connectivity index (χ0n) is 7.72. The lowest BCUT2D eigenvalue weighted by Gasteiger charge is -2.08. The number of aromatic amines is 1. The minimum absolute atomic E-state index is 0.257. The van der Waals surface area contributed by atoms with E-state index in [9.17, 15) is 13.2 Å². The number of aromatic nitrogens is 2. The highest BCUT2D eigenvalue weighted by Crippen LogP contribution is 2.28. The van der Waals surface area contributed by atoms with Gasteiger partial charge in [0.1, 0.15) is 11.3 Å². The van der Waals surface area contributed by atoms with Gasteiger partial charge in [-0.15, -0.1) is 13.2 Å². The number of hydrogen-bond acceptors (Lipinski definition) is 2. The van der Waals surface area contributed by atoms with E-state index in [4.69, 9.17) is 0 Å². The van der Waals surface area contributed by atoms with Crippen LogP contribution in [0.5, 0.6) is 5.75 Å². The number of nitrogens with one attached hydrogen (secondary N) is 1. The van der Waals surface area contributed by atoms with E-state index in [-0.39, 0.29) is 11.3 Å². The van der Waals surface area contributed by atoms with Crippen LogP contribution in [0.4, 0.5) is 13.2 Å². The van der Waals surface area contributed by atoms with E-state index < -0.39 is 6.36 Å². The Morgan fingerprint density at radius 3 is 2.73 bits per heavy atom. The third-order valence-electron chi connectivity index (χ3n) is 1.82. The lowest BCUT2D eigenvalue weighted by atomic mass is 10.3. The van der Waals surface area contributed by atoms with Crippen LogP contribution in [-0.2, 0) is 0 Å². The lowest BCUT2D eigenvalue weighted by Crippen LogP contribution is -2.17. The summed E-state index contributed by atoms with van der Waals surface area (Å²) in [7, 11) is 0. The van der Waals surface area contributed by atoms with Crippen LogP contribution in [0.2, 0.25) is 0 Å².